The van der Waals surface area contributed by atoms with Crippen molar-refractivity contribution in [3.05, 3.63) is 25.3 Å². The van der Waals surface area contributed by atoms with Crippen molar-refractivity contribution in [1.82, 2.24) is 8.69 Å². The molecule has 0 saturated heterocycles. The normalized spacial score (nSPS) is 13.0. The van der Waals surface area contributed by atoms with Crippen LogP contribution < -0.4 is 8.69 Å². The van der Waals surface area contributed by atoms with Crippen molar-refractivity contribution in [3.8, 4) is 0 Å². The van der Waals surface area contributed by atoms with Crippen LogP contribution in [0.3, 0.4) is 0 Å². The first-order valence-electron chi connectivity index (χ1n) is 6.67. The summed E-state index contributed by atoms with van der Waals surface area (Å²) >= 11 is 0. The topological polar surface area (TPSA) is 89.1 Å². The minimum atomic E-state index is -6.60. The Bertz CT molecular complexity index is 755. The zero-order valence-electron chi connectivity index (χ0n) is 13.2. The summed E-state index contributed by atoms with van der Waals surface area (Å²) in [6, 6.07) is 0. The van der Waals surface area contributed by atoms with E-state index in [9.17, 15) is 43.2 Å². The van der Waals surface area contributed by atoms with E-state index in [1.807, 2.05) is 17.1 Å². The zero-order chi connectivity index (χ0) is 20.8. The first kappa shape index (κ1) is 24.4. The van der Waals surface area contributed by atoms with Gasteiger partial charge in [-0.25, -0.2) is 26.0 Å². The number of halogens is 6. The van der Waals surface area contributed by atoms with E-state index in [0.717, 1.165) is 6.54 Å². The predicted octanol–water partition coefficient (Wildman–Crippen LogP) is 1.95. The predicted molar refractivity (Wildman–Crippen MR) is 79.0 cm³/mol. The van der Waals surface area contributed by atoms with Crippen LogP contribution in [0.25, 0.3) is 6.20 Å². The number of rotatable bonds is 6. The van der Waals surface area contributed by atoms with Gasteiger partial charge in [-0.05, 0) is 6.42 Å². The van der Waals surface area contributed by atoms with E-state index in [0.29, 0.717) is 0 Å². The number of sulfonamides is 2. The van der Waals surface area contributed by atoms with E-state index >= 15 is 0 Å². The second-order valence-corrected chi connectivity index (χ2v) is 8.22. The second-order valence-electron chi connectivity index (χ2n) is 4.62. The smallest absolute Gasteiger partial charge is 0.236 e. The van der Waals surface area contributed by atoms with Crippen LogP contribution in [0.1, 0.15) is 19.8 Å². The lowest BCUT2D eigenvalue weighted by atomic mass is 10.3. The highest BCUT2D eigenvalue weighted by molar-refractivity contribution is 8.05. The summed E-state index contributed by atoms with van der Waals surface area (Å²) in [6.07, 6.45) is 10.4. The van der Waals surface area contributed by atoms with Gasteiger partial charge in [0.1, 0.15) is 12.4 Å². The maximum Gasteiger partial charge on any atom is 0.512 e. The van der Waals surface area contributed by atoms with Crippen molar-refractivity contribution in [2.24, 2.45) is 0 Å². The van der Waals surface area contributed by atoms with Crippen molar-refractivity contribution < 1.29 is 47.7 Å². The van der Waals surface area contributed by atoms with E-state index in [1.54, 1.807) is 6.20 Å². The minimum Gasteiger partial charge on any atom is -0.236 e. The van der Waals surface area contributed by atoms with Crippen molar-refractivity contribution in [3.63, 3.8) is 0 Å². The summed E-state index contributed by atoms with van der Waals surface area (Å²) in [5.74, 6) is 0. The molecule has 1 aromatic rings. The maximum atomic E-state index is 11.5. The number of nitrogens with zero attached hydrogens (tertiary/aromatic N) is 2. The molecule has 0 aliphatic carbocycles. The van der Waals surface area contributed by atoms with Gasteiger partial charge in [-0.1, -0.05) is 24.1 Å². The van der Waals surface area contributed by atoms with Gasteiger partial charge < -0.3 is 0 Å². The summed E-state index contributed by atoms with van der Waals surface area (Å²) in [7, 11) is -13.2. The zero-order valence-corrected chi connectivity index (χ0v) is 14.9. The lowest BCUT2D eigenvalue weighted by Crippen LogP contribution is -2.45. The molecule has 0 aliphatic rings. The summed E-state index contributed by atoms with van der Waals surface area (Å²) in [5, 5.41) is 0. The Hall–Kier alpha value is -1.61. The highest BCUT2D eigenvalue weighted by Crippen LogP contribution is 2.27. The van der Waals surface area contributed by atoms with E-state index in [4.69, 9.17) is 0 Å². The molecule has 15 heteroatoms. The molecule has 1 heterocycles. The Morgan fingerprint density at radius 3 is 1.85 bits per heavy atom. The van der Waals surface area contributed by atoms with Crippen molar-refractivity contribution in [2.75, 3.05) is 0 Å². The Morgan fingerprint density at radius 2 is 1.54 bits per heavy atom. The molecule has 152 valence electrons. The molecule has 0 unspecified atom stereocenters. The van der Waals surface area contributed by atoms with Gasteiger partial charge in [0, 0.05) is 0 Å². The van der Waals surface area contributed by atoms with Gasteiger partial charge in [0.05, 0.1) is 12.7 Å². The van der Waals surface area contributed by atoms with E-state index in [-0.39, 0.29) is 0 Å². The molecular formula is C11H16F6N3O4S2+. The van der Waals surface area contributed by atoms with Gasteiger partial charge in [-0.3, -0.25) is 0 Å². The van der Waals surface area contributed by atoms with Crippen LogP contribution in [0.15, 0.2) is 25.3 Å². The van der Waals surface area contributed by atoms with Gasteiger partial charge in [-0.15, -0.1) is 0 Å². The van der Waals surface area contributed by atoms with Crippen LogP contribution in [0.5, 0.6) is 0 Å². The molecule has 0 spiro atoms. The van der Waals surface area contributed by atoms with Gasteiger partial charge in [-0.2, -0.15) is 26.3 Å². The third-order valence-electron chi connectivity index (χ3n) is 2.52. The summed E-state index contributed by atoms with van der Waals surface area (Å²) in [5.41, 5.74) is -12.3. The Morgan fingerprint density at radius 1 is 1.08 bits per heavy atom. The number of alkyl halides is 6. The minimum absolute atomic E-state index is 0.493. The number of hydrogen-bond donors (Lipinski definition) is 1. The Balaban J connectivity index is 0.000000502. The first-order valence-corrected chi connectivity index (χ1v) is 9.64. The molecule has 0 fully saturated rings. The first-order chi connectivity index (χ1) is 11.6. The molecule has 0 bridgehead atoms. The SMILES string of the molecule is C=Cn1cc[n+](CCCC)c1.O=S(=O)(NS(=O)(=O)C(F)(F)F)C(F)(F)F. The molecule has 0 saturated carbocycles. The molecule has 0 amide bonds. The van der Waals surface area contributed by atoms with E-state index < -0.39 is 35.2 Å². The maximum absolute atomic E-state index is 11.5. The molecule has 0 aliphatic heterocycles. The number of aromatic nitrogens is 2. The number of imidazole rings is 1. The molecule has 0 aromatic carbocycles. The molecule has 0 radical (unpaired) electrons. The number of unbranched alkanes of at least 4 members (excludes halogenated alkanes) is 1. The lowest BCUT2D eigenvalue weighted by molar-refractivity contribution is -0.696. The van der Waals surface area contributed by atoms with Crippen LogP contribution in [-0.2, 0) is 26.6 Å². The van der Waals surface area contributed by atoms with Crippen LogP contribution in [-0.4, -0.2) is 32.4 Å². The summed E-state index contributed by atoms with van der Waals surface area (Å²) in [6.45, 7) is 6.98. The van der Waals surface area contributed by atoms with Crippen LogP contribution in [0.4, 0.5) is 26.3 Å². The van der Waals surface area contributed by atoms with Crippen molar-refractivity contribution in [1.29, 1.82) is 0 Å². The monoisotopic (exact) mass is 432 g/mol. The Labute approximate surface area is 146 Å². The van der Waals surface area contributed by atoms with Crippen LogP contribution >= 0.6 is 0 Å². The molecule has 1 aromatic heterocycles. The Kier molecular flexibility index (Phi) is 8.31. The fraction of sp³-hybridized carbons (Fsp3) is 0.545. The van der Waals surface area contributed by atoms with Crippen LogP contribution in [0, 0.1) is 0 Å². The highest BCUT2D eigenvalue weighted by atomic mass is 32.3. The number of aryl methyl sites for hydroxylation is 1. The van der Waals surface area contributed by atoms with E-state index in [2.05, 4.69) is 24.3 Å². The van der Waals surface area contributed by atoms with Gasteiger partial charge >= 0.3 is 31.1 Å². The van der Waals surface area contributed by atoms with E-state index in [1.165, 1.54) is 12.8 Å². The van der Waals surface area contributed by atoms with Gasteiger partial charge in [0.25, 0.3) is 0 Å². The van der Waals surface area contributed by atoms with Gasteiger partial charge in [0.2, 0.25) is 6.33 Å². The summed E-state index contributed by atoms with van der Waals surface area (Å²) < 4.78 is 112. The van der Waals surface area contributed by atoms with Gasteiger partial charge in [0.15, 0.2) is 0 Å². The molecule has 1 rings (SSSR count). The number of hydrogen-bond acceptors (Lipinski definition) is 4. The molecular weight excluding hydrogens is 416 g/mol. The quantitative estimate of drug-likeness (QED) is 0.550. The fourth-order valence-corrected chi connectivity index (χ4v) is 3.14. The fourth-order valence-electron chi connectivity index (χ4n) is 1.23. The van der Waals surface area contributed by atoms with Crippen LogP contribution in [0.2, 0.25) is 0 Å². The van der Waals surface area contributed by atoms with Crippen molar-refractivity contribution >= 4 is 26.2 Å². The standard InChI is InChI=1S/C9H15N2.C2HF6NO4S2/c1-3-5-6-11-8-7-10(4-2)9-11;3-1(4,5)14(10,11)9-15(12,13)2(6,7)8/h4,7-9H,2-3,5-6H2,1H3;9H/q+1;. The third kappa shape index (κ3) is 7.33. The average molecular weight is 432 g/mol. The molecule has 0 atom stereocenters. The average Bonchev–Trinajstić information content (AvgIpc) is 2.90. The van der Waals surface area contributed by atoms with Crippen molar-refractivity contribution in [2.45, 2.75) is 37.3 Å². The third-order valence-corrected chi connectivity index (χ3v) is 5.50. The molecule has 1 N–H and O–H groups in total. The highest BCUT2D eigenvalue weighted by Gasteiger charge is 2.55. The summed E-state index contributed by atoms with van der Waals surface area (Å²) in [4.78, 5) is 0. The largest absolute Gasteiger partial charge is 0.512 e. The second kappa shape index (κ2) is 8.85. The molecule has 26 heavy (non-hydrogen) atoms. The lowest BCUT2D eigenvalue weighted by Gasteiger charge is -2.11. The molecule has 7 nitrogen and oxygen atoms in total. The number of nitrogens with one attached hydrogen (secondary N) is 1.